The van der Waals surface area contributed by atoms with Crippen molar-refractivity contribution < 1.29 is 36.3 Å². The third kappa shape index (κ3) is 8.49. The second-order valence-corrected chi connectivity index (χ2v) is 16.2. The van der Waals surface area contributed by atoms with Crippen molar-refractivity contribution in [2.45, 2.75) is 87.6 Å². The number of pyridine rings is 1. The summed E-state index contributed by atoms with van der Waals surface area (Å²) in [4.78, 5) is 44.8. The maximum atomic E-state index is 14.1. The van der Waals surface area contributed by atoms with Gasteiger partial charge >= 0.3 is 0 Å². The summed E-state index contributed by atoms with van der Waals surface area (Å²) in [7, 11) is -3.65. The molecule has 1 unspecified atom stereocenters. The van der Waals surface area contributed by atoms with E-state index >= 15 is 0 Å². The first kappa shape index (κ1) is 36.2. The van der Waals surface area contributed by atoms with Gasteiger partial charge in [0.15, 0.2) is 11.6 Å². The first-order chi connectivity index (χ1) is 24.3. The lowest BCUT2D eigenvalue weighted by atomic mass is 10.0. The predicted molar refractivity (Wildman–Crippen MR) is 188 cm³/mol. The molecule has 5 atom stereocenters. The van der Waals surface area contributed by atoms with E-state index in [4.69, 9.17) is 10.5 Å². The predicted octanol–water partition coefficient (Wildman–Crippen LogP) is 4.97. The minimum absolute atomic E-state index is 0.0115. The molecule has 1 aliphatic heterocycles. The lowest BCUT2D eigenvalue weighted by Gasteiger charge is -2.28. The Morgan fingerprint density at radius 3 is 2.61 bits per heavy atom. The van der Waals surface area contributed by atoms with Crippen molar-refractivity contribution in [2.75, 3.05) is 11.9 Å². The van der Waals surface area contributed by atoms with Crippen LogP contribution in [0, 0.1) is 23.5 Å². The van der Waals surface area contributed by atoms with Crippen LogP contribution in [0.5, 0.6) is 5.88 Å². The molecule has 3 aromatic rings. The fraction of sp³-hybridized carbons (Fsp3) is 0.459. The molecule has 6 rings (SSSR count). The number of benzene rings is 2. The third-order valence-corrected chi connectivity index (χ3v) is 12.3. The van der Waals surface area contributed by atoms with Gasteiger partial charge in [-0.1, -0.05) is 43.2 Å². The minimum Gasteiger partial charge on any atom is -0.472 e. The zero-order chi connectivity index (χ0) is 36.3. The summed E-state index contributed by atoms with van der Waals surface area (Å²) in [6, 6.07) is 11.0. The Balaban J connectivity index is 1.04. The van der Waals surface area contributed by atoms with Crippen LogP contribution in [0.2, 0.25) is 0 Å². The molecule has 3 aliphatic rings. The number of nitrogens with one attached hydrogen (secondary N) is 2. The number of fused-ring (bicyclic) bond motifs is 1. The van der Waals surface area contributed by atoms with Crippen molar-refractivity contribution in [2.24, 2.45) is 17.6 Å². The highest BCUT2D eigenvalue weighted by atomic mass is 32.2. The van der Waals surface area contributed by atoms with Crippen LogP contribution in [-0.4, -0.2) is 65.5 Å². The molecule has 1 aromatic heterocycles. The number of hydrogen-bond acceptors (Lipinski definition) is 8. The topological polar surface area (TPSA) is 161 Å². The Morgan fingerprint density at radius 1 is 1.08 bits per heavy atom. The molecule has 14 heteroatoms. The number of unbranched alkanes of at least 4 members (excludes halogenated alkanes) is 3. The number of sulfonamides is 1. The molecular formula is C37H43F2N5O6S. The van der Waals surface area contributed by atoms with Crippen LogP contribution in [0.25, 0.3) is 10.8 Å². The summed E-state index contributed by atoms with van der Waals surface area (Å²) in [5, 5.41) is 4.77. The molecule has 0 bridgehead atoms. The molecule has 2 heterocycles. The van der Waals surface area contributed by atoms with E-state index in [1.807, 2.05) is 42.5 Å². The summed E-state index contributed by atoms with van der Waals surface area (Å²) in [6.45, 7) is 1.73. The Kier molecular flexibility index (Phi) is 10.6. The van der Waals surface area contributed by atoms with E-state index in [9.17, 15) is 31.6 Å². The molecular weight excluding hydrogens is 680 g/mol. The molecule has 2 aliphatic carbocycles. The van der Waals surface area contributed by atoms with Crippen LogP contribution in [0.4, 0.5) is 14.5 Å². The maximum Gasteiger partial charge on any atom is 0.245 e. The number of allylic oxidation sites excluding steroid dienone is 2. The van der Waals surface area contributed by atoms with Crippen molar-refractivity contribution in [3.8, 4) is 5.88 Å². The van der Waals surface area contributed by atoms with E-state index in [1.54, 1.807) is 13.1 Å². The summed E-state index contributed by atoms with van der Waals surface area (Å²) in [6.07, 6.45) is 10.2. The van der Waals surface area contributed by atoms with E-state index in [-0.39, 0.29) is 30.5 Å². The quantitative estimate of drug-likeness (QED) is 0.138. The molecule has 3 amide bonds. The number of rotatable bonds is 16. The molecule has 11 nitrogen and oxygen atoms in total. The highest BCUT2D eigenvalue weighted by molar-refractivity contribution is 7.91. The molecule has 0 radical (unpaired) electrons. The smallest absolute Gasteiger partial charge is 0.245 e. The molecule has 51 heavy (non-hydrogen) atoms. The highest BCUT2D eigenvalue weighted by Gasteiger charge is 2.52. The molecule has 0 spiro atoms. The Hall–Kier alpha value is -4.59. The monoisotopic (exact) mass is 723 g/mol. The maximum absolute atomic E-state index is 14.1. The van der Waals surface area contributed by atoms with E-state index < -0.39 is 62.3 Å². The average Bonchev–Trinajstić information content (AvgIpc) is 4.01. The van der Waals surface area contributed by atoms with Gasteiger partial charge in [0.25, 0.3) is 0 Å². The van der Waals surface area contributed by atoms with E-state index in [0.717, 1.165) is 42.2 Å². The van der Waals surface area contributed by atoms with Gasteiger partial charge in [0.2, 0.25) is 33.6 Å². The number of anilines is 1. The van der Waals surface area contributed by atoms with Gasteiger partial charge in [-0.05, 0) is 81.0 Å². The standard InChI is InChI=1S/C37H43F2N5O6S/c1-37(16-17-37)51(48,49)43-34(46)28-19-24(28)10-5-3-2-4-6-12-31(42-25-13-14-29(38)30(39)20-25)36(47)44-22-26(21-32(44)33(40)45)50-35-27-11-8-7-9-23(27)15-18-41-35/h5,7-11,13-15,18,20,24,26,28,31-32,42H,2-4,6,12,16-17,19,21-22H2,1H3,(H2,40,45)(H,43,46)/b10-5-/t24-,26?,28+,31+,32+/m1/s1. The van der Waals surface area contributed by atoms with Gasteiger partial charge < -0.3 is 20.7 Å². The fourth-order valence-electron chi connectivity index (χ4n) is 6.55. The zero-order valence-corrected chi connectivity index (χ0v) is 29.2. The van der Waals surface area contributed by atoms with Gasteiger partial charge in [-0.3, -0.25) is 19.1 Å². The van der Waals surface area contributed by atoms with Crippen LogP contribution in [0.15, 0.2) is 66.9 Å². The number of likely N-dealkylation sites (tertiary alicyclic amines) is 1. The normalized spacial score (nSPS) is 22.8. The largest absolute Gasteiger partial charge is 0.472 e. The number of ether oxygens (including phenoxy) is 1. The van der Waals surface area contributed by atoms with Crippen molar-refractivity contribution in [1.82, 2.24) is 14.6 Å². The highest BCUT2D eigenvalue weighted by Crippen LogP contribution is 2.44. The molecule has 272 valence electrons. The van der Waals surface area contributed by atoms with Crippen molar-refractivity contribution in [3.05, 3.63) is 78.5 Å². The number of hydrogen-bond donors (Lipinski definition) is 3. The number of carbonyl (C=O) groups excluding carboxylic acids is 3. The van der Waals surface area contributed by atoms with E-state index in [1.165, 1.54) is 11.0 Å². The number of halogens is 2. The first-order valence-corrected chi connectivity index (χ1v) is 18.9. The van der Waals surface area contributed by atoms with Crippen LogP contribution in [0.3, 0.4) is 0 Å². The van der Waals surface area contributed by atoms with Crippen molar-refractivity contribution >= 4 is 44.2 Å². The van der Waals surface area contributed by atoms with Crippen LogP contribution in [-0.2, 0) is 24.4 Å². The number of nitrogens with two attached hydrogens (primary N) is 1. The zero-order valence-electron chi connectivity index (χ0n) is 28.4. The summed E-state index contributed by atoms with van der Waals surface area (Å²) in [5.41, 5.74) is 5.98. The minimum atomic E-state index is -3.65. The number of carbonyl (C=O) groups is 3. The van der Waals surface area contributed by atoms with Crippen molar-refractivity contribution in [3.63, 3.8) is 0 Å². The van der Waals surface area contributed by atoms with Gasteiger partial charge in [0.05, 0.1) is 11.3 Å². The first-order valence-electron chi connectivity index (χ1n) is 17.4. The van der Waals surface area contributed by atoms with Crippen LogP contribution < -0.4 is 20.5 Å². The van der Waals surface area contributed by atoms with Crippen molar-refractivity contribution in [1.29, 1.82) is 0 Å². The Labute approximate surface area is 296 Å². The number of amides is 3. The van der Waals surface area contributed by atoms with Gasteiger partial charge in [-0.15, -0.1) is 0 Å². The average molecular weight is 724 g/mol. The second kappa shape index (κ2) is 14.9. The van der Waals surface area contributed by atoms with E-state index in [2.05, 4.69) is 15.0 Å². The fourth-order valence-corrected chi connectivity index (χ4v) is 7.85. The Bertz CT molecular complexity index is 1930. The van der Waals surface area contributed by atoms with Gasteiger partial charge in [0.1, 0.15) is 18.2 Å². The lowest BCUT2D eigenvalue weighted by molar-refractivity contribution is -0.138. The molecule has 2 aromatic carbocycles. The molecule has 4 N–H and O–H groups in total. The lowest BCUT2D eigenvalue weighted by Crippen LogP contribution is -2.49. The SMILES string of the molecule is CC1(S(=O)(=O)NC(=O)[C@H]2C[C@H]2/C=C\CCCCC[C@H](Nc2ccc(F)c(F)c2)C(=O)N2CC(Oc3nccc4ccccc34)C[C@H]2C(N)=O)CC1. The van der Waals surface area contributed by atoms with Crippen LogP contribution in [0.1, 0.15) is 64.7 Å². The molecule has 1 saturated heterocycles. The summed E-state index contributed by atoms with van der Waals surface area (Å²) in [5.74, 6) is -3.53. The molecule has 3 fully saturated rings. The van der Waals surface area contributed by atoms with Crippen LogP contribution >= 0.6 is 0 Å². The summed E-state index contributed by atoms with van der Waals surface area (Å²) >= 11 is 0. The number of aromatic nitrogens is 1. The molecule has 2 saturated carbocycles. The van der Waals surface area contributed by atoms with Gasteiger partial charge in [-0.25, -0.2) is 22.2 Å². The number of primary amides is 1. The third-order valence-electron chi connectivity index (χ3n) is 10.1. The summed E-state index contributed by atoms with van der Waals surface area (Å²) < 4.78 is 60.1. The second-order valence-electron chi connectivity index (χ2n) is 14.0. The Morgan fingerprint density at radius 2 is 1.86 bits per heavy atom. The number of nitrogens with zero attached hydrogens (tertiary/aromatic N) is 2. The van der Waals surface area contributed by atoms with Gasteiger partial charge in [-0.2, -0.15) is 0 Å². The van der Waals surface area contributed by atoms with E-state index in [0.29, 0.717) is 38.0 Å². The van der Waals surface area contributed by atoms with Gasteiger partial charge in [0, 0.05) is 35.7 Å².